The van der Waals surface area contributed by atoms with E-state index in [0.717, 1.165) is 6.54 Å². The van der Waals surface area contributed by atoms with Crippen molar-refractivity contribution in [2.24, 2.45) is 5.41 Å². The smallest absolute Gasteiger partial charge is 0.0149 e. The second kappa shape index (κ2) is 3.59. The Labute approximate surface area is 73.8 Å². The highest BCUT2D eigenvalue weighted by molar-refractivity contribution is 6.25. The fourth-order valence-electron chi connectivity index (χ4n) is 1.50. The van der Waals surface area contributed by atoms with E-state index in [9.17, 15) is 0 Å². The zero-order valence-corrected chi connectivity index (χ0v) is 7.99. The van der Waals surface area contributed by atoms with E-state index in [0.29, 0.717) is 11.5 Å². The lowest BCUT2D eigenvalue weighted by atomic mass is 9.67. The molecule has 0 radical (unpaired) electrons. The first-order valence-corrected chi connectivity index (χ1v) is 4.59. The molecule has 0 bridgehead atoms. The van der Waals surface area contributed by atoms with Gasteiger partial charge in [-0.3, -0.25) is 0 Å². The van der Waals surface area contributed by atoms with E-state index in [2.05, 4.69) is 19.2 Å². The lowest BCUT2D eigenvalue weighted by Gasteiger charge is -2.45. The van der Waals surface area contributed by atoms with Gasteiger partial charge in [0.2, 0.25) is 0 Å². The predicted molar refractivity (Wildman–Crippen MR) is 49.8 cm³/mol. The number of nitrogens with one attached hydrogen (secondary N) is 1. The first-order valence-electron chi connectivity index (χ1n) is 4.15. The fourth-order valence-corrected chi connectivity index (χ4v) is 1.59. The number of hydrogen-bond donors (Lipinski definition) is 1. The summed E-state index contributed by atoms with van der Waals surface area (Å²) in [5.41, 5.74) is 2.07. The maximum atomic E-state index is 5.40. The van der Waals surface area contributed by atoms with Gasteiger partial charge < -0.3 is 5.32 Å². The second-order valence-corrected chi connectivity index (χ2v) is 4.10. The first kappa shape index (κ1) is 9.08. The van der Waals surface area contributed by atoms with Gasteiger partial charge in [-0.2, -0.15) is 0 Å². The summed E-state index contributed by atoms with van der Waals surface area (Å²) >= 11 is 5.40. The van der Waals surface area contributed by atoms with Crippen molar-refractivity contribution in [3.63, 3.8) is 0 Å². The van der Waals surface area contributed by atoms with Crippen LogP contribution < -0.4 is 5.32 Å². The highest BCUT2D eigenvalue weighted by Gasteiger charge is 2.37. The Bertz CT molecular complexity index is 152. The molecule has 1 unspecified atom stereocenters. The summed E-state index contributed by atoms with van der Waals surface area (Å²) in [7, 11) is 0. The fraction of sp³-hybridized carbons (Fsp3) is 0.778. The number of rotatable bonds is 3. The van der Waals surface area contributed by atoms with Crippen molar-refractivity contribution in [2.45, 2.75) is 32.7 Å². The molecule has 1 aliphatic rings. The van der Waals surface area contributed by atoms with E-state index in [4.69, 9.17) is 11.6 Å². The molecule has 0 spiro atoms. The standard InChI is InChI=1S/C9H16ClN/c1-9(2)5-4-8(9)11-7-3-6-10/h3,6,8,11H,4-5,7H2,1-2H3/b6-3+. The molecule has 0 amide bonds. The van der Waals surface area contributed by atoms with Crippen molar-refractivity contribution in [1.82, 2.24) is 5.32 Å². The summed E-state index contributed by atoms with van der Waals surface area (Å²) in [5, 5.41) is 3.44. The minimum Gasteiger partial charge on any atom is -0.310 e. The van der Waals surface area contributed by atoms with Crippen molar-refractivity contribution in [3.05, 3.63) is 11.6 Å². The zero-order chi connectivity index (χ0) is 8.32. The number of hydrogen-bond acceptors (Lipinski definition) is 1. The van der Waals surface area contributed by atoms with Crippen molar-refractivity contribution >= 4 is 11.6 Å². The van der Waals surface area contributed by atoms with Gasteiger partial charge in [0, 0.05) is 18.1 Å². The molecule has 0 aromatic heterocycles. The van der Waals surface area contributed by atoms with Crippen LogP contribution in [0.4, 0.5) is 0 Å². The molecule has 2 heteroatoms. The van der Waals surface area contributed by atoms with E-state index >= 15 is 0 Å². The third-order valence-corrected chi connectivity index (χ3v) is 2.77. The van der Waals surface area contributed by atoms with Crippen molar-refractivity contribution < 1.29 is 0 Å². The third-order valence-electron chi connectivity index (χ3n) is 2.59. The summed E-state index contributed by atoms with van der Waals surface area (Å²) in [6.07, 6.45) is 4.59. The van der Waals surface area contributed by atoms with Crippen LogP contribution in [0.1, 0.15) is 26.7 Å². The van der Waals surface area contributed by atoms with Crippen LogP contribution in [0.2, 0.25) is 0 Å². The Balaban J connectivity index is 2.18. The van der Waals surface area contributed by atoms with Crippen LogP contribution in [0.25, 0.3) is 0 Å². The van der Waals surface area contributed by atoms with Crippen LogP contribution >= 0.6 is 11.6 Å². The molecule has 1 nitrogen and oxygen atoms in total. The average Bonchev–Trinajstić information content (AvgIpc) is 1.96. The van der Waals surface area contributed by atoms with Crippen LogP contribution in [0.15, 0.2) is 11.6 Å². The topological polar surface area (TPSA) is 12.0 Å². The highest BCUT2D eigenvalue weighted by atomic mass is 35.5. The van der Waals surface area contributed by atoms with Crippen molar-refractivity contribution in [3.8, 4) is 0 Å². The molecule has 1 aliphatic carbocycles. The van der Waals surface area contributed by atoms with Gasteiger partial charge in [-0.1, -0.05) is 31.5 Å². The molecule has 1 saturated carbocycles. The normalized spacial score (nSPS) is 28.8. The Morgan fingerprint density at radius 2 is 2.36 bits per heavy atom. The zero-order valence-electron chi connectivity index (χ0n) is 7.23. The summed E-state index contributed by atoms with van der Waals surface area (Å²) in [5.74, 6) is 0. The molecular weight excluding hydrogens is 158 g/mol. The SMILES string of the molecule is CC1(C)CCC1NC/C=C/Cl. The van der Waals surface area contributed by atoms with Crippen LogP contribution in [-0.4, -0.2) is 12.6 Å². The Morgan fingerprint density at radius 1 is 1.64 bits per heavy atom. The minimum atomic E-state index is 0.500. The Kier molecular flexibility index (Phi) is 2.97. The molecule has 1 N–H and O–H groups in total. The van der Waals surface area contributed by atoms with Gasteiger partial charge in [0.15, 0.2) is 0 Å². The molecule has 1 atom stereocenters. The summed E-state index contributed by atoms with van der Waals surface area (Å²) in [6, 6.07) is 0.690. The van der Waals surface area contributed by atoms with Crippen molar-refractivity contribution in [2.75, 3.05) is 6.54 Å². The van der Waals surface area contributed by atoms with E-state index in [1.54, 1.807) is 5.54 Å². The molecule has 0 aromatic carbocycles. The second-order valence-electron chi connectivity index (χ2n) is 3.85. The largest absolute Gasteiger partial charge is 0.310 e. The van der Waals surface area contributed by atoms with E-state index in [1.165, 1.54) is 12.8 Å². The molecule has 0 saturated heterocycles. The Hall–Kier alpha value is -0.0100. The monoisotopic (exact) mass is 173 g/mol. The van der Waals surface area contributed by atoms with Crippen LogP contribution in [0.5, 0.6) is 0 Å². The van der Waals surface area contributed by atoms with Gasteiger partial charge in [-0.15, -0.1) is 0 Å². The predicted octanol–water partition coefficient (Wildman–Crippen LogP) is 2.52. The molecule has 11 heavy (non-hydrogen) atoms. The summed E-state index contributed by atoms with van der Waals surface area (Å²) in [4.78, 5) is 0. The van der Waals surface area contributed by atoms with E-state index in [1.807, 2.05) is 6.08 Å². The Morgan fingerprint density at radius 3 is 2.73 bits per heavy atom. The molecule has 1 rings (SSSR count). The van der Waals surface area contributed by atoms with Gasteiger partial charge in [-0.05, 0) is 18.3 Å². The number of halogens is 1. The van der Waals surface area contributed by atoms with Crippen LogP contribution in [0, 0.1) is 5.41 Å². The molecule has 0 heterocycles. The molecule has 64 valence electrons. The average molecular weight is 174 g/mol. The lowest BCUT2D eigenvalue weighted by molar-refractivity contribution is 0.113. The third kappa shape index (κ3) is 2.21. The van der Waals surface area contributed by atoms with Crippen LogP contribution in [0.3, 0.4) is 0 Å². The summed E-state index contributed by atoms with van der Waals surface area (Å²) < 4.78 is 0. The first-order chi connectivity index (χ1) is 5.17. The van der Waals surface area contributed by atoms with Gasteiger partial charge in [0.05, 0.1) is 0 Å². The van der Waals surface area contributed by atoms with Gasteiger partial charge >= 0.3 is 0 Å². The van der Waals surface area contributed by atoms with Gasteiger partial charge in [0.1, 0.15) is 0 Å². The van der Waals surface area contributed by atoms with Crippen LogP contribution in [-0.2, 0) is 0 Å². The van der Waals surface area contributed by atoms with Gasteiger partial charge in [0.25, 0.3) is 0 Å². The van der Waals surface area contributed by atoms with E-state index in [-0.39, 0.29) is 0 Å². The molecule has 0 aliphatic heterocycles. The summed E-state index contributed by atoms with van der Waals surface area (Å²) in [6.45, 7) is 5.51. The maximum absolute atomic E-state index is 5.40. The maximum Gasteiger partial charge on any atom is 0.0149 e. The lowest BCUT2D eigenvalue weighted by Crippen LogP contribution is -2.49. The van der Waals surface area contributed by atoms with Gasteiger partial charge in [-0.25, -0.2) is 0 Å². The highest BCUT2D eigenvalue weighted by Crippen LogP contribution is 2.39. The minimum absolute atomic E-state index is 0.500. The molecule has 0 aromatic rings. The molecular formula is C9H16ClN. The molecule has 1 fully saturated rings. The quantitative estimate of drug-likeness (QED) is 0.692. The van der Waals surface area contributed by atoms with E-state index < -0.39 is 0 Å². The van der Waals surface area contributed by atoms with Crippen molar-refractivity contribution in [1.29, 1.82) is 0 Å².